The second-order valence-corrected chi connectivity index (χ2v) is 8.68. The van der Waals surface area contributed by atoms with E-state index in [-0.39, 0.29) is 37.6 Å². The summed E-state index contributed by atoms with van der Waals surface area (Å²) in [6.45, 7) is 4.79. The van der Waals surface area contributed by atoms with E-state index in [1.54, 1.807) is 0 Å². The predicted octanol–water partition coefficient (Wildman–Crippen LogP) is -2.08. The van der Waals surface area contributed by atoms with E-state index >= 15 is 0 Å². The van der Waals surface area contributed by atoms with E-state index in [4.69, 9.17) is 11.5 Å². The van der Waals surface area contributed by atoms with E-state index < -0.39 is 47.7 Å². The average Bonchev–Trinajstić information content (AvgIpc) is 3.22. The summed E-state index contributed by atoms with van der Waals surface area (Å²) in [7, 11) is 0. The summed E-state index contributed by atoms with van der Waals surface area (Å²) in [6.07, 6.45) is 1.62. The van der Waals surface area contributed by atoms with Crippen LogP contribution in [0.4, 0.5) is 0 Å². The van der Waals surface area contributed by atoms with Gasteiger partial charge in [0, 0.05) is 13.0 Å². The maximum atomic E-state index is 12.6. The number of likely N-dealkylation sites (tertiary alicyclic amines) is 1. The Kier molecular flexibility index (Phi) is 11.5. The lowest BCUT2D eigenvalue weighted by atomic mass is 10.0. The monoisotopic (exact) mass is 468 g/mol. The molecule has 3 atom stereocenters. The van der Waals surface area contributed by atoms with Crippen molar-refractivity contribution in [1.82, 2.24) is 20.9 Å². The Hall–Kier alpha value is -3.02. The highest BCUT2D eigenvalue weighted by molar-refractivity contribution is 5.94. The molecule has 1 saturated heterocycles. The third kappa shape index (κ3) is 9.98. The van der Waals surface area contributed by atoms with Crippen LogP contribution in [-0.4, -0.2) is 78.0 Å². The van der Waals surface area contributed by atoms with Crippen LogP contribution in [0.1, 0.15) is 52.9 Å². The third-order valence-corrected chi connectivity index (χ3v) is 5.24. The number of hydrogen-bond donors (Lipinski definition) is 5. The molecule has 0 aromatic carbocycles. The highest BCUT2D eigenvalue weighted by Crippen LogP contribution is 2.16. The zero-order chi connectivity index (χ0) is 25.1. The number of hydrogen-bond acceptors (Lipinski definition) is 7. The summed E-state index contributed by atoms with van der Waals surface area (Å²) in [5.74, 6) is -2.81. The van der Waals surface area contributed by atoms with Crippen LogP contribution in [0, 0.1) is 5.92 Å². The van der Waals surface area contributed by atoms with Gasteiger partial charge in [-0.1, -0.05) is 13.8 Å². The van der Waals surface area contributed by atoms with Crippen molar-refractivity contribution >= 4 is 35.3 Å². The fourth-order valence-electron chi connectivity index (χ4n) is 3.52. The van der Waals surface area contributed by atoms with Crippen molar-refractivity contribution in [1.29, 1.82) is 0 Å². The van der Waals surface area contributed by atoms with Gasteiger partial charge in [-0.25, -0.2) is 0 Å². The Labute approximate surface area is 193 Å². The number of Topliss-reactive ketones (excluding diaryl/α,β-unsaturated/α-hetero) is 1. The van der Waals surface area contributed by atoms with E-state index in [1.807, 2.05) is 13.8 Å². The van der Waals surface area contributed by atoms with E-state index in [9.17, 15) is 28.8 Å². The maximum Gasteiger partial charge on any atom is 0.243 e. The number of carbonyl (C=O) groups excluding carboxylic acids is 6. The highest BCUT2D eigenvalue weighted by Gasteiger charge is 2.33. The van der Waals surface area contributed by atoms with Gasteiger partial charge >= 0.3 is 0 Å². The molecule has 1 rings (SSSR count). The molecular formula is C21H36N6O6. The van der Waals surface area contributed by atoms with Crippen LogP contribution in [-0.2, 0) is 28.8 Å². The second-order valence-electron chi connectivity index (χ2n) is 8.68. The molecule has 0 spiro atoms. The fourth-order valence-corrected chi connectivity index (χ4v) is 3.52. The molecule has 0 aromatic rings. The minimum Gasteiger partial charge on any atom is -0.368 e. The molecule has 7 N–H and O–H groups in total. The van der Waals surface area contributed by atoms with Crippen LogP contribution in [0.25, 0.3) is 0 Å². The maximum absolute atomic E-state index is 12.6. The highest BCUT2D eigenvalue weighted by atomic mass is 16.2. The summed E-state index contributed by atoms with van der Waals surface area (Å²) < 4.78 is 0. The number of rotatable bonds is 13. The first-order valence-electron chi connectivity index (χ1n) is 11.1. The lowest BCUT2D eigenvalue weighted by Crippen LogP contribution is -2.53. The first kappa shape index (κ1) is 28.0. The molecule has 12 heteroatoms. The molecule has 33 heavy (non-hydrogen) atoms. The number of ketones is 1. The molecule has 0 radical (unpaired) electrons. The molecule has 5 amide bonds. The second kappa shape index (κ2) is 13.5. The number of primary amides is 1. The SMILES string of the molecule is CC(=O)CCC(NC(=O)CNC(=O)C(N)CC(C)C)C(=O)NCC(=O)N1CCCC1C(N)=O. The molecule has 1 aliphatic heterocycles. The van der Waals surface area contributed by atoms with Gasteiger partial charge in [-0.15, -0.1) is 0 Å². The van der Waals surface area contributed by atoms with E-state index in [1.165, 1.54) is 11.8 Å². The summed E-state index contributed by atoms with van der Waals surface area (Å²) in [5.41, 5.74) is 11.1. The molecule has 1 aliphatic rings. The van der Waals surface area contributed by atoms with E-state index in [0.717, 1.165) is 0 Å². The predicted molar refractivity (Wildman–Crippen MR) is 119 cm³/mol. The summed E-state index contributed by atoms with van der Waals surface area (Å²) in [5, 5.41) is 7.33. The van der Waals surface area contributed by atoms with Crippen molar-refractivity contribution in [3.8, 4) is 0 Å². The number of carbonyl (C=O) groups is 6. The minimum atomic E-state index is -1.08. The Morgan fingerprint density at radius 1 is 1.03 bits per heavy atom. The van der Waals surface area contributed by atoms with Crippen molar-refractivity contribution in [2.75, 3.05) is 19.6 Å². The van der Waals surface area contributed by atoms with Crippen LogP contribution >= 0.6 is 0 Å². The van der Waals surface area contributed by atoms with Crippen LogP contribution < -0.4 is 27.4 Å². The zero-order valence-electron chi connectivity index (χ0n) is 19.5. The van der Waals surface area contributed by atoms with Gasteiger partial charge in [-0.2, -0.15) is 0 Å². The van der Waals surface area contributed by atoms with Gasteiger partial charge < -0.3 is 37.1 Å². The Bertz CT molecular complexity index is 756. The number of amides is 5. The van der Waals surface area contributed by atoms with Gasteiger partial charge in [0.05, 0.1) is 19.1 Å². The quantitative estimate of drug-likeness (QED) is 0.205. The van der Waals surface area contributed by atoms with E-state index in [0.29, 0.717) is 25.8 Å². The third-order valence-electron chi connectivity index (χ3n) is 5.24. The van der Waals surface area contributed by atoms with E-state index in [2.05, 4.69) is 16.0 Å². The van der Waals surface area contributed by atoms with Gasteiger partial charge in [0.25, 0.3) is 0 Å². The Morgan fingerprint density at radius 3 is 2.24 bits per heavy atom. The molecule has 0 saturated carbocycles. The summed E-state index contributed by atoms with van der Waals surface area (Å²) >= 11 is 0. The zero-order valence-corrected chi connectivity index (χ0v) is 19.5. The van der Waals surface area contributed by atoms with Crippen molar-refractivity contribution in [3.05, 3.63) is 0 Å². The Balaban J connectivity index is 2.62. The first-order valence-corrected chi connectivity index (χ1v) is 11.1. The smallest absolute Gasteiger partial charge is 0.243 e. The van der Waals surface area contributed by atoms with Gasteiger partial charge in [0.2, 0.25) is 29.5 Å². The number of nitrogens with one attached hydrogen (secondary N) is 3. The van der Waals surface area contributed by atoms with Gasteiger partial charge in [0.1, 0.15) is 17.9 Å². The topological polar surface area (TPSA) is 194 Å². The lowest BCUT2D eigenvalue weighted by Gasteiger charge is -2.23. The van der Waals surface area contributed by atoms with Gasteiger partial charge in [-0.3, -0.25) is 24.0 Å². The van der Waals surface area contributed by atoms with Crippen LogP contribution in [0.5, 0.6) is 0 Å². The lowest BCUT2D eigenvalue weighted by molar-refractivity contribution is -0.138. The van der Waals surface area contributed by atoms with Crippen LogP contribution in [0.3, 0.4) is 0 Å². The molecule has 3 unspecified atom stereocenters. The van der Waals surface area contributed by atoms with Crippen molar-refractivity contribution in [2.45, 2.75) is 71.0 Å². The molecule has 0 bridgehead atoms. The van der Waals surface area contributed by atoms with Gasteiger partial charge in [-0.05, 0) is 38.5 Å². The molecular weight excluding hydrogens is 432 g/mol. The summed E-state index contributed by atoms with van der Waals surface area (Å²) in [4.78, 5) is 73.4. The van der Waals surface area contributed by atoms with Crippen molar-refractivity contribution in [2.24, 2.45) is 17.4 Å². The molecule has 0 aliphatic carbocycles. The van der Waals surface area contributed by atoms with Gasteiger partial charge in [0.15, 0.2) is 0 Å². The van der Waals surface area contributed by atoms with Crippen LogP contribution in [0.2, 0.25) is 0 Å². The number of nitrogens with zero attached hydrogens (tertiary/aromatic N) is 1. The minimum absolute atomic E-state index is 0.0233. The molecule has 1 fully saturated rings. The number of nitrogens with two attached hydrogens (primary N) is 2. The first-order chi connectivity index (χ1) is 15.4. The standard InChI is InChI=1S/C21H36N6O6/c1-12(2)9-14(22)20(32)24-10-17(29)26-15(7-6-13(3)28)21(33)25-11-18(30)27-8-4-5-16(27)19(23)31/h12,14-16H,4-11,22H2,1-3H3,(H2,23,31)(H,24,32)(H,25,33)(H,26,29). The molecule has 186 valence electrons. The fraction of sp³-hybridized carbons (Fsp3) is 0.714. The van der Waals surface area contributed by atoms with Crippen molar-refractivity contribution in [3.63, 3.8) is 0 Å². The van der Waals surface area contributed by atoms with Crippen molar-refractivity contribution < 1.29 is 28.8 Å². The Morgan fingerprint density at radius 2 is 1.67 bits per heavy atom. The largest absolute Gasteiger partial charge is 0.368 e. The average molecular weight is 469 g/mol. The molecule has 12 nitrogen and oxygen atoms in total. The van der Waals surface area contributed by atoms with Crippen LogP contribution in [0.15, 0.2) is 0 Å². The molecule has 0 aromatic heterocycles. The normalized spacial score (nSPS) is 17.2. The molecule has 1 heterocycles. The summed E-state index contributed by atoms with van der Waals surface area (Å²) in [6, 6.07) is -2.54.